The number of likely N-dealkylation sites (tertiary alicyclic amines) is 1. The number of terminal acetylenes is 1. The van der Waals surface area contributed by atoms with Crippen LogP contribution in [-0.2, 0) is 10.2 Å². The van der Waals surface area contributed by atoms with Crippen LogP contribution in [-0.4, -0.2) is 120 Å². The lowest BCUT2D eigenvalue weighted by atomic mass is 9.63. The zero-order valence-electron chi connectivity index (χ0n) is 47.4. The average Bonchev–Trinajstić information content (AvgIpc) is 1.85. The van der Waals surface area contributed by atoms with Gasteiger partial charge in [-0.2, -0.15) is 9.97 Å². The van der Waals surface area contributed by atoms with Gasteiger partial charge in [0.05, 0.1) is 29.2 Å². The van der Waals surface area contributed by atoms with Crippen LogP contribution in [0.1, 0.15) is 98.7 Å². The molecule has 2 aromatic heterocycles. The highest BCUT2D eigenvalue weighted by atomic mass is 35.5. The summed E-state index contributed by atoms with van der Waals surface area (Å²) in [5.74, 6) is 0.915. The molecule has 19 heteroatoms. The number of aromatic nitrogens is 3. The number of methoxy groups -OCH3 is 1. The fourth-order valence-corrected chi connectivity index (χ4v) is 14.3. The van der Waals surface area contributed by atoms with Gasteiger partial charge in [0, 0.05) is 101 Å². The third-order valence-corrected chi connectivity index (χ3v) is 18.2. The second-order valence-electron chi connectivity index (χ2n) is 24.3. The Morgan fingerprint density at radius 3 is 2.55 bits per heavy atom. The lowest BCUT2D eigenvalue weighted by Crippen LogP contribution is -2.51. The van der Waals surface area contributed by atoms with Gasteiger partial charge >= 0.3 is 6.01 Å². The molecule has 4 saturated heterocycles. The molecule has 0 aliphatic carbocycles. The van der Waals surface area contributed by atoms with Crippen molar-refractivity contribution in [2.45, 2.75) is 107 Å². The quantitative estimate of drug-likeness (QED) is 0.0398. The number of fused-ring (bicyclic) bond motifs is 6. The molecule has 5 aromatic carbocycles. The molecular weight excluding hydrogens is 1110 g/mol. The third kappa shape index (κ3) is 10.9. The number of unbranched alkanes of at least 4 members (excludes halogenated alkanes) is 1. The van der Waals surface area contributed by atoms with Gasteiger partial charge in [-0.15, -0.1) is 6.42 Å². The zero-order valence-corrected chi connectivity index (χ0v) is 48.9. The Morgan fingerprint density at radius 2 is 1.76 bits per heavy atom. The van der Waals surface area contributed by atoms with Crippen molar-refractivity contribution < 1.29 is 33.0 Å². The molecule has 84 heavy (non-hydrogen) atoms. The van der Waals surface area contributed by atoms with Gasteiger partial charge in [0.25, 0.3) is 5.91 Å². The first-order valence-corrected chi connectivity index (χ1v) is 29.7. The van der Waals surface area contributed by atoms with Gasteiger partial charge in [0.15, 0.2) is 5.82 Å². The fraction of sp³-hybridized carbons (Fsp3) is 0.400. The minimum Gasteiger partial charge on any atom is -0.508 e. The van der Waals surface area contributed by atoms with E-state index >= 15 is 8.78 Å². The predicted octanol–water partition coefficient (Wildman–Crippen LogP) is 11.0. The standard InChI is InChI=1S/C65H68Cl2F2N10O5/c1-6-36-12-9-13-37-26-43(80)29-45(53(36)37)57-56(69)58-46(31-71-57)60(79-32-40-19-20-41(33-79)73-40)77-63(76-58)84-34-42-14-11-25-78(42)24-8-7-23-70-61(81)38-17-22-49(51(27-38)83-5)74-62(82)59-54(44-15-10-16-48(67)55(44)68)65(52(75-59)30-64(2,3)4)35-72-50-28-39(66)18-21-47(50)65/h1,9-10,12-13,15-18,21-22,26-29,31,40-42,52,54,59,72-73,75,80H,7-8,11,14,19-20,23-25,30,32-35H2,2-5H3,(H,70,81)(H,74,82)/t40-,41+,42-,52-,54-,59+,65-/m0/s1. The molecule has 2 amide bonds. The Labute approximate surface area is 497 Å². The van der Waals surface area contributed by atoms with Crippen LogP contribution in [0.2, 0.25) is 10.0 Å². The van der Waals surface area contributed by atoms with Crippen LogP contribution >= 0.6 is 23.2 Å². The number of nitrogens with zero attached hydrogens (tertiary/aromatic N) is 5. The first-order chi connectivity index (χ1) is 40.5. The van der Waals surface area contributed by atoms with Crippen molar-refractivity contribution in [1.29, 1.82) is 0 Å². The largest absolute Gasteiger partial charge is 0.508 e. The summed E-state index contributed by atoms with van der Waals surface area (Å²) in [5, 5.41) is 30.0. The summed E-state index contributed by atoms with van der Waals surface area (Å²) in [6.07, 6.45) is 13.7. The molecule has 0 radical (unpaired) electrons. The van der Waals surface area contributed by atoms with Crippen LogP contribution in [0.3, 0.4) is 0 Å². The van der Waals surface area contributed by atoms with Gasteiger partial charge < -0.3 is 46.1 Å². The highest BCUT2D eigenvalue weighted by Crippen LogP contribution is 2.57. The van der Waals surface area contributed by atoms with E-state index in [9.17, 15) is 14.7 Å². The van der Waals surface area contributed by atoms with Crippen molar-refractivity contribution in [2.24, 2.45) is 5.41 Å². The van der Waals surface area contributed by atoms with E-state index in [0.29, 0.717) is 106 Å². The van der Waals surface area contributed by atoms with Crippen molar-refractivity contribution in [3.05, 3.63) is 135 Å². The molecule has 12 rings (SSSR count). The molecule has 1 spiro atoms. The monoisotopic (exact) mass is 1180 g/mol. The maximum Gasteiger partial charge on any atom is 0.319 e. The van der Waals surface area contributed by atoms with Crippen LogP contribution in [0, 0.1) is 29.4 Å². The number of ether oxygens (including phenoxy) is 2. The van der Waals surface area contributed by atoms with E-state index in [1.54, 1.807) is 54.7 Å². The van der Waals surface area contributed by atoms with Gasteiger partial charge in [-0.25, -0.2) is 8.78 Å². The highest BCUT2D eigenvalue weighted by molar-refractivity contribution is 6.31. The van der Waals surface area contributed by atoms with Crippen molar-refractivity contribution in [1.82, 2.24) is 35.8 Å². The first-order valence-electron chi connectivity index (χ1n) is 29.0. The van der Waals surface area contributed by atoms with Gasteiger partial charge in [0.1, 0.15) is 41.0 Å². The van der Waals surface area contributed by atoms with Gasteiger partial charge in [-0.3, -0.25) is 19.5 Å². The Hall–Kier alpha value is -7.33. The van der Waals surface area contributed by atoms with E-state index in [1.165, 1.54) is 19.2 Å². The van der Waals surface area contributed by atoms with E-state index in [1.807, 2.05) is 24.3 Å². The summed E-state index contributed by atoms with van der Waals surface area (Å²) < 4.78 is 45.8. The van der Waals surface area contributed by atoms with Gasteiger partial charge in [-0.1, -0.05) is 80.2 Å². The number of halogens is 4. The molecule has 2 bridgehead atoms. The molecule has 4 fully saturated rings. The molecule has 6 N–H and O–H groups in total. The summed E-state index contributed by atoms with van der Waals surface area (Å²) >= 11 is 13.0. The smallest absolute Gasteiger partial charge is 0.319 e. The number of rotatable bonds is 16. The highest BCUT2D eigenvalue weighted by Gasteiger charge is 2.61. The number of anilines is 3. The molecule has 7 aromatic rings. The second kappa shape index (κ2) is 23.3. The fourth-order valence-electron chi connectivity index (χ4n) is 13.9. The number of carbonyl (C=O) groups excluding carboxylic acids is 2. The van der Waals surface area contributed by atoms with E-state index in [2.05, 4.69) is 68.1 Å². The molecule has 15 nitrogen and oxygen atoms in total. The Kier molecular flexibility index (Phi) is 15.8. The average molecular weight is 1180 g/mol. The molecule has 0 unspecified atom stereocenters. The van der Waals surface area contributed by atoms with Crippen molar-refractivity contribution >= 4 is 73.9 Å². The Balaban J connectivity index is 0.700. The summed E-state index contributed by atoms with van der Waals surface area (Å²) in [5.41, 5.74) is 2.90. The van der Waals surface area contributed by atoms with Crippen molar-refractivity contribution in [3.63, 3.8) is 0 Å². The number of benzene rings is 5. The van der Waals surface area contributed by atoms with Crippen LogP contribution in [0.25, 0.3) is 32.9 Å². The van der Waals surface area contributed by atoms with Gasteiger partial charge in [-0.05, 0) is 135 Å². The van der Waals surface area contributed by atoms with Crippen LogP contribution in [0.4, 0.5) is 26.0 Å². The topological polar surface area (TPSA) is 178 Å². The van der Waals surface area contributed by atoms with E-state index < -0.39 is 34.9 Å². The lowest BCUT2D eigenvalue weighted by Gasteiger charge is -2.39. The van der Waals surface area contributed by atoms with E-state index in [-0.39, 0.29) is 63.5 Å². The van der Waals surface area contributed by atoms with Gasteiger partial charge in [0.2, 0.25) is 5.91 Å². The Bertz CT molecular complexity index is 3750. The van der Waals surface area contributed by atoms with E-state index in [4.69, 9.17) is 49.1 Å². The van der Waals surface area contributed by atoms with Crippen LogP contribution in [0.5, 0.6) is 17.5 Å². The molecule has 5 aliphatic heterocycles. The molecular formula is C65H68Cl2F2N10O5. The number of phenolic OH excluding ortho intramolecular Hbond substituents is 1. The number of amides is 2. The number of hydrogen-bond acceptors (Lipinski definition) is 13. The number of phenols is 1. The molecule has 436 valence electrons. The predicted molar refractivity (Wildman–Crippen MR) is 326 cm³/mol. The summed E-state index contributed by atoms with van der Waals surface area (Å²) in [6.45, 7) is 10.7. The number of nitrogens with one attached hydrogen (secondary N) is 5. The summed E-state index contributed by atoms with van der Waals surface area (Å²) in [7, 11) is 1.48. The molecule has 7 atom stereocenters. The van der Waals surface area contributed by atoms with Crippen LogP contribution in [0.15, 0.2) is 91.1 Å². The maximum atomic E-state index is 17.2. The second-order valence-corrected chi connectivity index (χ2v) is 25.1. The number of carbonyl (C=O) groups is 2. The maximum absolute atomic E-state index is 17.2. The van der Waals surface area contributed by atoms with Crippen LogP contribution < -0.4 is 41.0 Å². The number of aromatic hydroxyl groups is 1. The molecule has 7 heterocycles. The van der Waals surface area contributed by atoms with Crippen molar-refractivity contribution in [2.75, 3.05) is 68.5 Å². The normalized spacial score (nSPS) is 22.8. The van der Waals surface area contributed by atoms with Crippen molar-refractivity contribution in [3.8, 4) is 41.1 Å². The minimum absolute atomic E-state index is 0.0140. The Morgan fingerprint density at radius 1 is 0.952 bits per heavy atom. The minimum atomic E-state index is -0.906. The summed E-state index contributed by atoms with van der Waals surface area (Å²) in [4.78, 5) is 47.4. The number of hydrogen-bond donors (Lipinski definition) is 6. The summed E-state index contributed by atoms with van der Waals surface area (Å²) in [6, 6.07) is 23.6. The first kappa shape index (κ1) is 57.1. The third-order valence-electron chi connectivity index (χ3n) is 17.7. The lowest BCUT2D eigenvalue weighted by molar-refractivity contribution is -0.118. The van der Waals surface area contributed by atoms with E-state index in [0.717, 1.165) is 56.4 Å². The zero-order chi connectivity index (χ0) is 58.6. The molecule has 0 saturated carbocycles. The number of pyridine rings is 1. The molecule has 5 aliphatic rings. The number of piperazine rings is 1. The SMILES string of the molecule is C#Cc1cccc2cc(O)cc(-c3ncc4c(N5C[C@H]6CC[C@@H](C5)N6)nc(OC[C@@H]5CCCN5CCCCNC(=O)c5ccc(NC(=O)[C@@H]6N[C@@H](CC(C)(C)C)[C@@]7(CNc8cc(Cl)ccc87)[C@H]6c6cccc(Cl)c6F)c(OC)c5)nc4c3F)c12.